The zero-order valence-corrected chi connectivity index (χ0v) is 13.8. The first-order valence-electron chi connectivity index (χ1n) is 8.09. The van der Waals surface area contributed by atoms with Crippen LogP contribution in [0.15, 0.2) is 77.3 Å². The first-order chi connectivity index (χ1) is 12.7. The van der Waals surface area contributed by atoms with E-state index < -0.39 is 5.97 Å². The van der Waals surface area contributed by atoms with E-state index in [1.54, 1.807) is 12.3 Å². The molecule has 0 radical (unpaired) electrons. The van der Waals surface area contributed by atoms with Crippen LogP contribution in [0.4, 0.5) is 0 Å². The molecule has 0 aliphatic heterocycles. The molecule has 0 amide bonds. The maximum Gasteiger partial charge on any atom is 0.341 e. The molecule has 5 nitrogen and oxygen atoms in total. The number of carbonyl (C=O) groups is 1. The molecule has 1 aromatic heterocycles. The molecule has 4 aromatic rings. The van der Waals surface area contributed by atoms with Gasteiger partial charge in [-0.3, -0.25) is 0 Å². The molecule has 5 heteroatoms. The van der Waals surface area contributed by atoms with Crippen molar-refractivity contribution in [3.05, 3.63) is 72.9 Å². The lowest BCUT2D eigenvalue weighted by Crippen LogP contribution is -2.09. The highest BCUT2D eigenvalue weighted by atomic mass is 16.5. The summed E-state index contributed by atoms with van der Waals surface area (Å²) in [6.45, 7) is -0.359. The van der Waals surface area contributed by atoms with Gasteiger partial charge in [-0.25, -0.2) is 9.78 Å². The van der Waals surface area contributed by atoms with E-state index in [-0.39, 0.29) is 6.61 Å². The molecule has 1 heterocycles. The average molecular weight is 345 g/mol. The fraction of sp³-hybridized carbons (Fsp3) is 0.0476. The second-order valence-corrected chi connectivity index (χ2v) is 5.80. The van der Waals surface area contributed by atoms with Crippen LogP contribution in [0.1, 0.15) is 0 Å². The van der Waals surface area contributed by atoms with Gasteiger partial charge in [-0.05, 0) is 35.0 Å². The number of aliphatic carboxylic acids is 1. The Bertz CT molecular complexity index is 1070. The predicted octanol–water partition coefficient (Wildman–Crippen LogP) is 4.63. The second kappa shape index (κ2) is 6.72. The predicted molar refractivity (Wildman–Crippen MR) is 98.0 cm³/mol. The molecule has 0 unspecified atom stereocenters. The zero-order valence-electron chi connectivity index (χ0n) is 13.8. The van der Waals surface area contributed by atoms with Crippen molar-refractivity contribution in [1.29, 1.82) is 0 Å². The number of hydrogen-bond donors (Lipinski definition) is 1. The number of hydrogen-bond acceptors (Lipinski definition) is 4. The van der Waals surface area contributed by atoms with Crippen LogP contribution in [0.5, 0.6) is 5.75 Å². The Morgan fingerprint density at radius 3 is 2.54 bits per heavy atom. The van der Waals surface area contributed by atoms with Crippen molar-refractivity contribution in [3.63, 3.8) is 0 Å². The minimum atomic E-state index is -1.00. The Morgan fingerprint density at radius 1 is 0.962 bits per heavy atom. The molecule has 128 valence electrons. The number of fused-ring (bicyclic) bond motifs is 1. The number of nitrogens with zero attached hydrogens (tertiary/aromatic N) is 1. The SMILES string of the molecule is O=C(O)COc1ccc2cc(-c3ncc(-c4ccccc4)o3)ccc2c1. The van der Waals surface area contributed by atoms with E-state index in [0.717, 1.165) is 27.7 Å². The van der Waals surface area contributed by atoms with Gasteiger partial charge in [0, 0.05) is 11.1 Å². The van der Waals surface area contributed by atoms with Crippen molar-refractivity contribution in [2.75, 3.05) is 6.61 Å². The van der Waals surface area contributed by atoms with Gasteiger partial charge in [-0.15, -0.1) is 0 Å². The Kier molecular flexibility index (Phi) is 4.11. The van der Waals surface area contributed by atoms with Crippen molar-refractivity contribution < 1.29 is 19.1 Å². The van der Waals surface area contributed by atoms with Gasteiger partial charge in [0.1, 0.15) is 5.75 Å². The molecule has 1 N–H and O–H groups in total. The Labute approximate surface area is 149 Å². The van der Waals surface area contributed by atoms with Crippen molar-refractivity contribution in [1.82, 2.24) is 4.98 Å². The van der Waals surface area contributed by atoms with Gasteiger partial charge in [-0.2, -0.15) is 0 Å². The van der Waals surface area contributed by atoms with E-state index >= 15 is 0 Å². The maximum absolute atomic E-state index is 10.6. The molecule has 0 saturated heterocycles. The number of ether oxygens (including phenoxy) is 1. The summed E-state index contributed by atoms with van der Waals surface area (Å²) in [6.07, 6.45) is 1.72. The fourth-order valence-corrected chi connectivity index (χ4v) is 2.74. The molecule has 26 heavy (non-hydrogen) atoms. The largest absolute Gasteiger partial charge is 0.482 e. The Morgan fingerprint density at radius 2 is 1.73 bits per heavy atom. The summed E-state index contributed by atoms with van der Waals surface area (Å²) in [6, 6.07) is 21.1. The molecule has 4 rings (SSSR count). The van der Waals surface area contributed by atoms with Crippen LogP contribution in [0.25, 0.3) is 33.6 Å². The number of aromatic nitrogens is 1. The molecule has 0 atom stereocenters. The molecule has 0 aliphatic rings. The van der Waals surface area contributed by atoms with E-state index in [4.69, 9.17) is 14.3 Å². The minimum Gasteiger partial charge on any atom is -0.482 e. The molecular formula is C21H15NO4. The van der Waals surface area contributed by atoms with Crippen LogP contribution in [0, 0.1) is 0 Å². The topological polar surface area (TPSA) is 72.6 Å². The summed E-state index contributed by atoms with van der Waals surface area (Å²) in [7, 11) is 0. The fourth-order valence-electron chi connectivity index (χ4n) is 2.74. The van der Waals surface area contributed by atoms with E-state index in [1.165, 1.54) is 0 Å². The molecule has 0 fully saturated rings. The summed E-state index contributed by atoms with van der Waals surface area (Å²) in [4.78, 5) is 15.0. The summed E-state index contributed by atoms with van der Waals surface area (Å²) in [5.41, 5.74) is 1.85. The van der Waals surface area contributed by atoms with Gasteiger partial charge >= 0.3 is 5.97 Å². The van der Waals surface area contributed by atoms with Crippen molar-refractivity contribution in [3.8, 4) is 28.5 Å². The summed E-state index contributed by atoms with van der Waals surface area (Å²) in [5, 5.41) is 10.6. The van der Waals surface area contributed by atoms with Crippen LogP contribution in [0.2, 0.25) is 0 Å². The maximum atomic E-state index is 10.6. The smallest absolute Gasteiger partial charge is 0.341 e. The van der Waals surface area contributed by atoms with Gasteiger partial charge in [-0.1, -0.05) is 42.5 Å². The highest BCUT2D eigenvalue weighted by Gasteiger charge is 2.09. The quantitative estimate of drug-likeness (QED) is 0.571. The van der Waals surface area contributed by atoms with Gasteiger partial charge in [0.15, 0.2) is 12.4 Å². The highest BCUT2D eigenvalue weighted by molar-refractivity contribution is 5.87. The van der Waals surface area contributed by atoms with E-state index in [1.807, 2.05) is 60.7 Å². The van der Waals surface area contributed by atoms with Crippen LogP contribution in [-0.4, -0.2) is 22.7 Å². The van der Waals surface area contributed by atoms with Gasteiger partial charge in [0.2, 0.25) is 5.89 Å². The average Bonchev–Trinajstić information content (AvgIpc) is 3.17. The first-order valence-corrected chi connectivity index (χ1v) is 8.09. The number of oxazole rings is 1. The Balaban J connectivity index is 1.62. The van der Waals surface area contributed by atoms with Crippen LogP contribution in [0.3, 0.4) is 0 Å². The minimum absolute atomic E-state index is 0.359. The Hall–Kier alpha value is -3.60. The number of carboxylic acids is 1. The summed E-state index contributed by atoms with van der Waals surface area (Å²) < 4.78 is 11.1. The zero-order chi connectivity index (χ0) is 17.9. The van der Waals surface area contributed by atoms with E-state index in [2.05, 4.69) is 4.98 Å². The molecule has 0 spiro atoms. The number of carboxylic acid groups (broad SMARTS) is 1. The third-order valence-electron chi connectivity index (χ3n) is 3.98. The highest BCUT2D eigenvalue weighted by Crippen LogP contribution is 2.29. The molecule has 0 aliphatic carbocycles. The third-order valence-corrected chi connectivity index (χ3v) is 3.98. The summed E-state index contributed by atoms with van der Waals surface area (Å²) >= 11 is 0. The molecule has 0 bridgehead atoms. The standard InChI is InChI=1S/C21H15NO4/c23-20(24)13-25-18-9-8-15-10-17(7-6-16(15)11-18)21-22-12-19(26-21)14-4-2-1-3-5-14/h1-12H,13H2,(H,23,24). The molecule has 3 aromatic carbocycles. The first kappa shape index (κ1) is 15.9. The third kappa shape index (κ3) is 3.28. The van der Waals surface area contributed by atoms with Gasteiger partial charge in [0.25, 0.3) is 0 Å². The van der Waals surface area contributed by atoms with Crippen molar-refractivity contribution in [2.45, 2.75) is 0 Å². The summed E-state index contributed by atoms with van der Waals surface area (Å²) in [5.74, 6) is 0.795. The lowest BCUT2D eigenvalue weighted by Gasteiger charge is -2.06. The second-order valence-electron chi connectivity index (χ2n) is 5.80. The lowest BCUT2D eigenvalue weighted by molar-refractivity contribution is -0.139. The van der Waals surface area contributed by atoms with E-state index in [9.17, 15) is 4.79 Å². The van der Waals surface area contributed by atoms with Gasteiger partial charge < -0.3 is 14.3 Å². The van der Waals surface area contributed by atoms with Crippen LogP contribution < -0.4 is 4.74 Å². The molecule has 0 saturated carbocycles. The monoisotopic (exact) mass is 345 g/mol. The van der Waals surface area contributed by atoms with Crippen LogP contribution >= 0.6 is 0 Å². The van der Waals surface area contributed by atoms with Crippen molar-refractivity contribution in [2.24, 2.45) is 0 Å². The van der Waals surface area contributed by atoms with Gasteiger partial charge in [0.05, 0.1) is 6.20 Å². The van der Waals surface area contributed by atoms with E-state index in [0.29, 0.717) is 11.6 Å². The van der Waals surface area contributed by atoms with Crippen LogP contribution in [-0.2, 0) is 4.79 Å². The number of rotatable bonds is 5. The number of benzene rings is 3. The lowest BCUT2D eigenvalue weighted by atomic mass is 10.1. The van der Waals surface area contributed by atoms with Crippen molar-refractivity contribution >= 4 is 16.7 Å². The normalized spacial score (nSPS) is 10.8. The molecular weight excluding hydrogens is 330 g/mol.